The van der Waals surface area contributed by atoms with Gasteiger partial charge in [0.25, 0.3) is 0 Å². The molecule has 18 rings (SSSR count). The van der Waals surface area contributed by atoms with Gasteiger partial charge in [-0.2, -0.15) is 0 Å². The second-order valence-electron chi connectivity index (χ2n) is 27.4. The van der Waals surface area contributed by atoms with Crippen LogP contribution in [-0.2, 0) is 10.8 Å². The summed E-state index contributed by atoms with van der Waals surface area (Å²) in [5.74, 6) is 0.387. The van der Waals surface area contributed by atoms with Crippen LogP contribution in [0.4, 0.5) is 51.2 Å². The highest BCUT2D eigenvalue weighted by atomic mass is 16.3. The van der Waals surface area contributed by atoms with Gasteiger partial charge in [0.2, 0.25) is 0 Å². The number of hydrogen-bond donors (Lipinski definition) is 0. The lowest BCUT2D eigenvalue weighted by Gasteiger charge is -2.30. The molecular weight excluding hydrogens is 1150 g/mol. The van der Waals surface area contributed by atoms with Gasteiger partial charge in [0, 0.05) is 66.2 Å². The molecule has 16 aromatic rings. The Balaban J connectivity index is 0.779. The van der Waals surface area contributed by atoms with E-state index in [0.29, 0.717) is 5.92 Å². The molecule has 0 aliphatic heterocycles. The molecule has 0 amide bonds. The molecule has 2 aliphatic rings. The molecule has 2 aliphatic carbocycles. The molecule has 4 heteroatoms. The average Bonchev–Trinajstić information content (AvgIpc) is 1.58. The third-order valence-electron chi connectivity index (χ3n) is 20.9. The lowest BCUT2D eigenvalue weighted by atomic mass is 9.79. The van der Waals surface area contributed by atoms with E-state index >= 15 is 0 Å². The van der Waals surface area contributed by atoms with Gasteiger partial charge < -0.3 is 19.1 Å². The molecule has 0 saturated heterocycles. The third kappa shape index (κ3) is 8.74. The summed E-state index contributed by atoms with van der Waals surface area (Å²) in [4.78, 5) is 7.32. The molecule has 1 aromatic heterocycles. The lowest BCUT2D eigenvalue weighted by molar-refractivity contribution is 0.652. The Morgan fingerprint density at radius 1 is 0.274 bits per heavy atom. The largest absolute Gasteiger partial charge is 0.454 e. The maximum atomic E-state index is 7.25. The number of furan rings is 1. The second-order valence-corrected chi connectivity index (χ2v) is 27.4. The zero-order valence-electron chi connectivity index (χ0n) is 54.2. The van der Waals surface area contributed by atoms with Crippen molar-refractivity contribution in [2.75, 3.05) is 14.7 Å². The van der Waals surface area contributed by atoms with Crippen molar-refractivity contribution >= 4 is 116 Å². The first-order valence-corrected chi connectivity index (χ1v) is 33.4. The molecule has 95 heavy (non-hydrogen) atoms. The molecule has 15 aromatic carbocycles. The van der Waals surface area contributed by atoms with Crippen LogP contribution in [0.15, 0.2) is 308 Å². The molecule has 0 bridgehead atoms. The number of hydrogen-bond acceptors (Lipinski definition) is 4. The number of rotatable bonds is 11. The number of benzene rings is 15. The summed E-state index contributed by atoms with van der Waals surface area (Å²) in [5, 5.41) is 11.7. The fraction of sp³-hybridized carbons (Fsp3) is 0.0989. The highest BCUT2D eigenvalue weighted by Gasteiger charge is 2.43. The van der Waals surface area contributed by atoms with E-state index in [1.807, 2.05) is 0 Å². The Morgan fingerprint density at radius 2 is 0.737 bits per heavy atom. The van der Waals surface area contributed by atoms with E-state index in [1.165, 1.54) is 87.8 Å². The first kappa shape index (κ1) is 56.3. The lowest BCUT2D eigenvalue weighted by Crippen LogP contribution is -2.18. The molecule has 454 valence electrons. The van der Waals surface area contributed by atoms with Crippen LogP contribution in [0, 0.1) is 0 Å². The first-order chi connectivity index (χ1) is 46.5. The number of fused-ring (bicyclic) bond motifs is 16. The number of anilines is 9. The molecular formula is C91H69N3O. The van der Waals surface area contributed by atoms with E-state index in [-0.39, 0.29) is 10.8 Å². The van der Waals surface area contributed by atoms with E-state index in [9.17, 15) is 0 Å². The highest BCUT2D eigenvalue weighted by Crippen LogP contribution is 2.60. The average molecular weight is 1220 g/mol. The van der Waals surface area contributed by atoms with Gasteiger partial charge in [-0.1, -0.05) is 236 Å². The van der Waals surface area contributed by atoms with Crippen LogP contribution in [-0.4, -0.2) is 0 Å². The minimum absolute atomic E-state index is 0.115. The normalized spacial score (nSPS) is 13.4. The van der Waals surface area contributed by atoms with Crippen molar-refractivity contribution < 1.29 is 4.42 Å². The molecule has 0 saturated carbocycles. The summed E-state index contributed by atoms with van der Waals surface area (Å²) in [6, 6.07) is 112. The van der Waals surface area contributed by atoms with Crippen LogP contribution < -0.4 is 14.7 Å². The van der Waals surface area contributed by atoms with E-state index in [2.05, 4.69) is 360 Å². The Hall–Kier alpha value is -11.5. The van der Waals surface area contributed by atoms with Crippen LogP contribution in [0.5, 0.6) is 0 Å². The molecule has 0 N–H and O–H groups in total. The zero-order valence-corrected chi connectivity index (χ0v) is 54.2. The van der Waals surface area contributed by atoms with Crippen LogP contribution in [0.1, 0.15) is 75.3 Å². The Kier molecular flexibility index (Phi) is 12.8. The van der Waals surface area contributed by atoms with Gasteiger partial charge in [-0.25, -0.2) is 0 Å². The molecule has 0 unspecified atom stereocenters. The maximum absolute atomic E-state index is 7.25. The highest BCUT2D eigenvalue weighted by molar-refractivity contribution is 6.25. The second kappa shape index (κ2) is 21.6. The van der Waals surface area contributed by atoms with Gasteiger partial charge in [0.05, 0.1) is 22.7 Å². The van der Waals surface area contributed by atoms with Crippen molar-refractivity contribution in [1.82, 2.24) is 0 Å². The van der Waals surface area contributed by atoms with Crippen molar-refractivity contribution in [3.63, 3.8) is 0 Å². The summed E-state index contributed by atoms with van der Waals surface area (Å²) >= 11 is 0. The summed E-state index contributed by atoms with van der Waals surface area (Å²) in [5.41, 5.74) is 25.5. The van der Waals surface area contributed by atoms with E-state index in [1.54, 1.807) is 0 Å². The summed E-state index contributed by atoms with van der Waals surface area (Å²) in [6.07, 6.45) is 0. The number of para-hydroxylation sites is 4. The predicted octanol–water partition coefficient (Wildman–Crippen LogP) is 26.0. The Morgan fingerprint density at radius 3 is 1.36 bits per heavy atom. The smallest absolute Gasteiger partial charge is 0.159 e. The molecule has 0 fully saturated rings. The zero-order chi connectivity index (χ0) is 63.8. The summed E-state index contributed by atoms with van der Waals surface area (Å²) < 4.78 is 7.25. The van der Waals surface area contributed by atoms with Crippen molar-refractivity contribution in [2.45, 2.75) is 58.3 Å². The van der Waals surface area contributed by atoms with Gasteiger partial charge in [-0.3, -0.25) is 0 Å². The molecule has 0 spiro atoms. The minimum atomic E-state index is -0.290. The predicted molar refractivity (Wildman–Crippen MR) is 402 cm³/mol. The fourth-order valence-corrected chi connectivity index (χ4v) is 16.2. The van der Waals surface area contributed by atoms with E-state index in [0.717, 1.165) is 89.6 Å². The van der Waals surface area contributed by atoms with Crippen LogP contribution in [0.3, 0.4) is 0 Å². The first-order valence-electron chi connectivity index (χ1n) is 33.4. The van der Waals surface area contributed by atoms with Gasteiger partial charge in [0.15, 0.2) is 5.58 Å². The molecule has 4 nitrogen and oxygen atoms in total. The molecule has 1 heterocycles. The quantitative estimate of drug-likeness (QED) is 0.120. The third-order valence-corrected chi connectivity index (χ3v) is 20.9. The monoisotopic (exact) mass is 1220 g/mol. The Bertz CT molecular complexity index is 5730. The van der Waals surface area contributed by atoms with Gasteiger partial charge >= 0.3 is 0 Å². The van der Waals surface area contributed by atoms with Crippen molar-refractivity contribution in [1.29, 1.82) is 0 Å². The molecule has 0 radical (unpaired) electrons. The SMILES string of the molecule is CC(C)c1ccc(N(c2cc3c(c4ccccc24)-c2cc4c(cc2C3(C)C)-c2ccccc2C4(C)C)c2cccc3c2oc2ccc(-c4cccc(N(c5ccccc5)c5cc6c7ccccc7c(N(c7ccccc7)c7ccccc7)cc6c6ccccc56)c4)cc23)cc1. The maximum Gasteiger partial charge on any atom is 0.159 e. The van der Waals surface area contributed by atoms with Crippen LogP contribution in [0.2, 0.25) is 0 Å². The van der Waals surface area contributed by atoms with E-state index in [4.69, 9.17) is 4.42 Å². The minimum Gasteiger partial charge on any atom is -0.454 e. The molecule has 0 atom stereocenters. The van der Waals surface area contributed by atoms with Crippen molar-refractivity contribution in [3.8, 4) is 33.4 Å². The van der Waals surface area contributed by atoms with Gasteiger partial charge in [0.1, 0.15) is 5.58 Å². The summed E-state index contributed by atoms with van der Waals surface area (Å²) in [6.45, 7) is 14.2. The summed E-state index contributed by atoms with van der Waals surface area (Å²) in [7, 11) is 0. The Labute approximate surface area is 554 Å². The van der Waals surface area contributed by atoms with E-state index < -0.39 is 0 Å². The van der Waals surface area contributed by atoms with Crippen molar-refractivity contribution in [3.05, 3.63) is 331 Å². The fourth-order valence-electron chi connectivity index (χ4n) is 16.2. The van der Waals surface area contributed by atoms with Gasteiger partial charge in [-0.05, 0) is 203 Å². The standard InChI is InChI=1S/C91H69N3O/c1-57(2)58-44-47-64(48-45-58)94(86-56-82-88(72-40-21-20-39-71(72)86)78-53-80-76(52-81(78)91(82,5)6)68-36-22-23-42-79(68)90(80,3)4)83-43-25-41-73-77-51-60(46-49-87(77)95-89(73)83)59-26-24-33-65(50-59)93(63-31-14-9-15-32-63)85-55-75-66-34-16-18-37-69(66)84(54-74(75)67-35-17-19-38-70(67)85)92(61-27-10-7-11-28-61)62-29-12-8-13-30-62/h7-57H,1-6H3. The van der Waals surface area contributed by atoms with Crippen LogP contribution in [0.25, 0.3) is 98.4 Å². The van der Waals surface area contributed by atoms with Crippen molar-refractivity contribution in [2.24, 2.45) is 0 Å². The van der Waals surface area contributed by atoms with Gasteiger partial charge in [-0.15, -0.1) is 0 Å². The topological polar surface area (TPSA) is 22.9 Å². The number of nitrogens with zero attached hydrogens (tertiary/aromatic N) is 3. The van der Waals surface area contributed by atoms with Crippen LogP contribution >= 0.6 is 0 Å².